The van der Waals surface area contributed by atoms with Crippen LogP contribution in [0.3, 0.4) is 0 Å². The van der Waals surface area contributed by atoms with E-state index in [0.717, 1.165) is 43.5 Å². The van der Waals surface area contributed by atoms with Crippen LogP contribution in [0.25, 0.3) is 0 Å². The molecule has 0 spiro atoms. The summed E-state index contributed by atoms with van der Waals surface area (Å²) in [4.78, 5) is 4.84. The van der Waals surface area contributed by atoms with E-state index >= 15 is 0 Å². The van der Waals surface area contributed by atoms with E-state index in [1.54, 1.807) is 0 Å². The minimum Gasteiger partial charge on any atom is -0.361 e. The molecule has 1 heterocycles. The quantitative estimate of drug-likeness (QED) is 0.369. The van der Waals surface area contributed by atoms with Crippen LogP contribution >= 0.6 is 24.0 Å². The number of rotatable bonds is 7. The Morgan fingerprint density at radius 1 is 1.19 bits per heavy atom. The third kappa shape index (κ3) is 4.99. The second kappa shape index (κ2) is 9.39. The van der Waals surface area contributed by atoms with Crippen LogP contribution in [-0.4, -0.2) is 30.8 Å². The molecule has 2 aromatic rings. The van der Waals surface area contributed by atoms with E-state index in [0.29, 0.717) is 0 Å². The molecule has 0 aliphatic heterocycles. The van der Waals surface area contributed by atoms with Gasteiger partial charge in [0.05, 0.1) is 12.2 Å². The van der Waals surface area contributed by atoms with Gasteiger partial charge in [-0.1, -0.05) is 35.5 Å². The van der Waals surface area contributed by atoms with Crippen molar-refractivity contribution in [3.8, 4) is 0 Å². The van der Waals surface area contributed by atoms with Crippen molar-refractivity contribution in [2.75, 3.05) is 19.6 Å². The molecule has 1 aliphatic rings. The summed E-state index contributed by atoms with van der Waals surface area (Å²) < 4.78 is 5.23. The van der Waals surface area contributed by atoms with Crippen LogP contribution in [0.1, 0.15) is 42.3 Å². The van der Waals surface area contributed by atoms with E-state index in [1.807, 2.05) is 13.8 Å². The zero-order valence-corrected chi connectivity index (χ0v) is 18.2. The van der Waals surface area contributed by atoms with Gasteiger partial charge in [0.1, 0.15) is 5.76 Å². The summed E-state index contributed by atoms with van der Waals surface area (Å²) in [5, 5.41) is 10.8. The average Bonchev–Trinajstić information content (AvgIpc) is 3.36. The van der Waals surface area contributed by atoms with Crippen molar-refractivity contribution in [2.24, 2.45) is 4.99 Å². The molecular formula is C20H29IN4O. The Hall–Kier alpha value is -1.57. The predicted octanol–water partition coefficient (Wildman–Crippen LogP) is 3.74. The van der Waals surface area contributed by atoms with Crippen LogP contribution in [0.4, 0.5) is 0 Å². The van der Waals surface area contributed by atoms with Gasteiger partial charge in [-0.25, -0.2) is 0 Å². The van der Waals surface area contributed by atoms with Gasteiger partial charge in [0.25, 0.3) is 0 Å². The first-order valence-electron chi connectivity index (χ1n) is 9.14. The molecule has 0 bridgehead atoms. The summed E-state index contributed by atoms with van der Waals surface area (Å²) in [6, 6.07) is 10.8. The first-order valence-corrected chi connectivity index (χ1v) is 9.14. The van der Waals surface area contributed by atoms with Crippen LogP contribution in [0.2, 0.25) is 0 Å². The molecule has 0 amide bonds. The molecular weight excluding hydrogens is 439 g/mol. The second-order valence-corrected chi connectivity index (χ2v) is 6.82. The lowest BCUT2D eigenvalue weighted by molar-refractivity contribution is 0.392. The molecule has 26 heavy (non-hydrogen) atoms. The maximum atomic E-state index is 5.23. The SMILES string of the molecule is CCNC(=NCC1(c2ccccc2)CC1)NCCc1c(C)noc1C.I. The monoisotopic (exact) mass is 468 g/mol. The van der Waals surface area contributed by atoms with E-state index in [1.165, 1.54) is 24.0 Å². The first-order chi connectivity index (χ1) is 12.1. The number of aryl methyl sites for hydroxylation is 2. The largest absolute Gasteiger partial charge is 0.361 e. The van der Waals surface area contributed by atoms with Gasteiger partial charge in [-0.05, 0) is 45.6 Å². The lowest BCUT2D eigenvalue weighted by atomic mass is 9.96. The highest BCUT2D eigenvalue weighted by Gasteiger charge is 2.43. The molecule has 5 nitrogen and oxygen atoms in total. The van der Waals surface area contributed by atoms with Crippen LogP contribution in [0, 0.1) is 13.8 Å². The van der Waals surface area contributed by atoms with Crippen molar-refractivity contribution < 1.29 is 4.52 Å². The highest BCUT2D eigenvalue weighted by Crippen LogP contribution is 2.48. The number of aromatic nitrogens is 1. The van der Waals surface area contributed by atoms with E-state index in [9.17, 15) is 0 Å². The van der Waals surface area contributed by atoms with Crippen LogP contribution in [0.5, 0.6) is 0 Å². The van der Waals surface area contributed by atoms with Crippen LogP contribution < -0.4 is 10.6 Å². The summed E-state index contributed by atoms with van der Waals surface area (Å²) in [7, 11) is 0. The van der Waals surface area contributed by atoms with Crippen molar-refractivity contribution >= 4 is 29.9 Å². The molecule has 1 aliphatic carbocycles. The van der Waals surface area contributed by atoms with E-state index in [2.05, 4.69) is 53.0 Å². The Labute approximate surface area is 173 Å². The molecule has 1 aromatic carbocycles. The van der Waals surface area contributed by atoms with Gasteiger partial charge in [0, 0.05) is 24.1 Å². The third-order valence-electron chi connectivity index (χ3n) is 4.97. The van der Waals surface area contributed by atoms with Crippen molar-refractivity contribution in [2.45, 2.75) is 45.4 Å². The number of nitrogens with zero attached hydrogens (tertiary/aromatic N) is 2. The van der Waals surface area contributed by atoms with Crippen molar-refractivity contribution in [3.05, 3.63) is 52.9 Å². The Morgan fingerprint density at radius 3 is 2.50 bits per heavy atom. The minimum absolute atomic E-state index is 0. The third-order valence-corrected chi connectivity index (χ3v) is 4.97. The summed E-state index contributed by atoms with van der Waals surface area (Å²) in [5.41, 5.74) is 3.81. The first kappa shape index (κ1) is 20.7. The van der Waals surface area contributed by atoms with Gasteiger partial charge in [-0.3, -0.25) is 4.99 Å². The van der Waals surface area contributed by atoms with E-state index in [4.69, 9.17) is 9.52 Å². The number of nitrogens with one attached hydrogen (secondary N) is 2. The minimum atomic E-state index is 0. The number of aliphatic imine (C=N–C) groups is 1. The van der Waals surface area contributed by atoms with Gasteiger partial charge in [0.2, 0.25) is 0 Å². The van der Waals surface area contributed by atoms with E-state index in [-0.39, 0.29) is 29.4 Å². The number of benzene rings is 1. The molecule has 2 N–H and O–H groups in total. The van der Waals surface area contributed by atoms with E-state index < -0.39 is 0 Å². The zero-order chi connectivity index (χ0) is 17.7. The normalized spacial score (nSPS) is 15.3. The highest BCUT2D eigenvalue weighted by molar-refractivity contribution is 14.0. The standard InChI is InChI=1S/C20H28N4O.HI/c1-4-21-19(22-13-10-18-15(2)24-25-16(18)3)23-14-20(11-12-20)17-8-6-5-7-9-17;/h5-9H,4,10-14H2,1-3H3,(H2,21,22,23);1H. The van der Waals surface area contributed by atoms with Crippen molar-refractivity contribution in [1.29, 1.82) is 0 Å². The summed E-state index contributed by atoms with van der Waals surface area (Å²) in [5.74, 6) is 1.79. The van der Waals surface area contributed by atoms with Crippen molar-refractivity contribution in [1.82, 2.24) is 15.8 Å². The summed E-state index contributed by atoms with van der Waals surface area (Å²) in [6.45, 7) is 8.54. The van der Waals surface area contributed by atoms with Gasteiger partial charge in [-0.15, -0.1) is 24.0 Å². The summed E-state index contributed by atoms with van der Waals surface area (Å²) >= 11 is 0. The Bertz CT molecular complexity index is 703. The highest BCUT2D eigenvalue weighted by atomic mass is 127. The molecule has 3 rings (SSSR count). The molecule has 0 radical (unpaired) electrons. The van der Waals surface area contributed by atoms with Gasteiger partial charge >= 0.3 is 0 Å². The molecule has 0 unspecified atom stereocenters. The molecule has 1 fully saturated rings. The number of halogens is 1. The fourth-order valence-electron chi connectivity index (χ4n) is 3.22. The van der Waals surface area contributed by atoms with Crippen molar-refractivity contribution in [3.63, 3.8) is 0 Å². The molecule has 142 valence electrons. The summed E-state index contributed by atoms with van der Waals surface area (Å²) in [6.07, 6.45) is 3.33. The van der Waals surface area contributed by atoms with Gasteiger partial charge in [-0.2, -0.15) is 0 Å². The topological polar surface area (TPSA) is 62.5 Å². The fourth-order valence-corrected chi connectivity index (χ4v) is 3.22. The predicted molar refractivity (Wildman–Crippen MR) is 116 cm³/mol. The molecule has 0 saturated heterocycles. The van der Waals surface area contributed by atoms with Crippen LogP contribution in [-0.2, 0) is 11.8 Å². The van der Waals surface area contributed by atoms with Gasteiger partial charge in [0.15, 0.2) is 5.96 Å². The van der Waals surface area contributed by atoms with Crippen LogP contribution in [0.15, 0.2) is 39.8 Å². The molecule has 1 saturated carbocycles. The number of guanidine groups is 1. The smallest absolute Gasteiger partial charge is 0.191 e. The van der Waals surface area contributed by atoms with Gasteiger partial charge < -0.3 is 15.2 Å². The molecule has 1 aromatic heterocycles. The molecule has 6 heteroatoms. The Balaban J connectivity index is 0.00000243. The number of hydrogen-bond acceptors (Lipinski definition) is 3. The Morgan fingerprint density at radius 2 is 1.92 bits per heavy atom. The average molecular weight is 468 g/mol. The number of hydrogen-bond donors (Lipinski definition) is 2. The Kier molecular flexibility index (Phi) is 7.49. The lowest BCUT2D eigenvalue weighted by Gasteiger charge is -2.16. The maximum absolute atomic E-state index is 5.23. The maximum Gasteiger partial charge on any atom is 0.191 e. The zero-order valence-electron chi connectivity index (χ0n) is 15.8. The lowest BCUT2D eigenvalue weighted by Crippen LogP contribution is -2.39. The fraction of sp³-hybridized carbons (Fsp3) is 0.500. The molecule has 0 atom stereocenters. The second-order valence-electron chi connectivity index (χ2n) is 6.82.